The number of methoxy groups -OCH3 is 1. The number of ether oxygens (including phenoxy) is 1. The van der Waals surface area contributed by atoms with Crippen LogP contribution in [0.3, 0.4) is 0 Å². The van der Waals surface area contributed by atoms with E-state index in [0.717, 1.165) is 30.5 Å². The summed E-state index contributed by atoms with van der Waals surface area (Å²) in [5.41, 5.74) is 3.43. The van der Waals surface area contributed by atoms with Crippen LogP contribution in [0.25, 0.3) is 22.4 Å². The Kier molecular flexibility index (Phi) is 4.90. The van der Waals surface area contributed by atoms with Gasteiger partial charge in [-0.3, -0.25) is 4.79 Å². The first-order chi connectivity index (χ1) is 13.2. The highest BCUT2D eigenvalue weighted by Crippen LogP contribution is 2.41. The minimum atomic E-state index is -0.145. The van der Waals surface area contributed by atoms with Crippen LogP contribution in [0, 0.1) is 0 Å². The molecule has 4 rings (SSSR count). The van der Waals surface area contributed by atoms with Crippen molar-refractivity contribution in [1.82, 2.24) is 15.5 Å². The molecule has 1 amide bonds. The molecule has 3 aromatic rings. The molecule has 1 saturated carbocycles. The number of carbonyl (C=O) groups excluding carboxylic acids is 1. The fraction of sp³-hybridized carbons (Fsp3) is 0.381. The highest BCUT2D eigenvalue weighted by molar-refractivity contribution is 6.09. The molecule has 27 heavy (non-hydrogen) atoms. The summed E-state index contributed by atoms with van der Waals surface area (Å²) in [7, 11) is 1.64. The Morgan fingerprint density at radius 2 is 2.11 bits per heavy atom. The molecule has 2 aromatic heterocycles. The smallest absolute Gasteiger partial charge is 0.259 e. The Morgan fingerprint density at radius 1 is 1.33 bits per heavy atom. The van der Waals surface area contributed by atoms with Crippen molar-refractivity contribution in [2.24, 2.45) is 0 Å². The summed E-state index contributed by atoms with van der Waals surface area (Å²) in [6.45, 7) is 2.50. The number of carbonyl (C=O) groups is 1. The molecule has 1 unspecified atom stereocenters. The zero-order chi connectivity index (χ0) is 18.8. The van der Waals surface area contributed by atoms with Gasteiger partial charge >= 0.3 is 0 Å². The van der Waals surface area contributed by atoms with Crippen molar-refractivity contribution in [1.29, 1.82) is 0 Å². The van der Waals surface area contributed by atoms with E-state index in [-0.39, 0.29) is 11.9 Å². The average molecular weight is 365 g/mol. The number of pyridine rings is 1. The predicted molar refractivity (Wildman–Crippen MR) is 103 cm³/mol. The Morgan fingerprint density at radius 3 is 2.78 bits per heavy atom. The lowest BCUT2D eigenvalue weighted by Gasteiger charge is -2.16. The van der Waals surface area contributed by atoms with Crippen molar-refractivity contribution in [3.05, 3.63) is 47.7 Å². The van der Waals surface area contributed by atoms with Crippen molar-refractivity contribution >= 4 is 17.0 Å². The van der Waals surface area contributed by atoms with Crippen molar-refractivity contribution in [2.45, 2.75) is 38.1 Å². The van der Waals surface area contributed by atoms with Crippen molar-refractivity contribution in [2.75, 3.05) is 13.7 Å². The van der Waals surface area contributed by atoms with E-state index in [4.69, 9.17) is 9.26 Å². The number of amides is 1. The normalized spacial score (nSPS) is 15.0. The van der Waals surface area contributed by atoms with E-state index in [1.165, 1.54) is 0 Å². The highest BCUT2D eigenvalue weighted by Gasteiger charge is 2.29. The standard InChI is InChI=1S/C21H23N3O3/c1-3-15(12-26-2)22-20(25)16-11-17(13-9-10-13)23-21-18(16)19(24-27-21)14-7-5-4-6-8-14/h4-8,11,13,15H,3,9-10,12H2,1-2H3,(H,22,25). The van der Waals surface area contributed by atoms with E-state index in [2.05, 4.69) is 15.5 Å². The van der Waals surface area contributed by atoms with Crippen LogP contribution in [0.1, 0.15) is 48.2 Å². The minimum absolute atomic E-state index is 0.0462. The summed E-state index contributed by atoms with van der Waals surface area (Å²) >= 11 is 0. The summed E-state index contributed by atoms with van der Waals surface area (Å²) in [6.07, 6.45) is 2.99. The number of benzene rings is 1. The van der Waals surface area contributed by atoms with E-state index in [1.807, 2.05) is 43.3 Å². The van der Waals surface area contributed by atoms with Gasteiger partial charge in [0.15, 0.2) is 0 Å². The third kappa shape index (κ3) is 3.57. The molecule has 140 valence electrons. The average Bonchev–Trinajstić information content (AvgIpc) is 3.46. The first-order valence-electron chi connectivity index (χ1n) is 9.36. The Labute approximate surface area is 157 Å². The van der Waals surface area contributed by atoms with Gasteiger partial charge < -0.3 is 14.6 Å². The van der Waals surface area contributed by atoms with Gasteiger partial charge in [0, 0.05) is 24.3 Å². The molecule has 0 aliphatic heterocycles. The van der Waals surface area contributed by atoms with Crippen LogP contribution >= 0.6 is 0 Å². The van der Waals surface area contributed by atoms with Gasteiger partial charge in [-0.25, -0.2) is 4.98 Å². The van der Waals surface area contributed by atoms with E-state index in [0.29, 0.717) is 34.9 Å². The van der Waals surface area contributed by atoms with Crippen LogP contribution in [0.4, 0.5) is 0 Å². The fourth-order valence-corrected chi connectivity index (χ4v) is 3.26. The summed E-state index contributed by atoms with van der Waals surface area (Å²) in [5, 5.41) is 7.96. The van der Waals surface area contributed by atoms with Gasteiger partial charge in [0.05, 0.1) is 23.6 Å². The van der Waals surface area contributed by atoms with Gasteiger partial charge in [-0.2, -0.15) is 0 Å². The second-order valence-corrected chi connectivity index (χ2v) is 6.98. The third-order valence-corrected chi connectivity index (χ3v) is 4.95. The number of hydrogen-bond acceptors (Lipinski definition) is 5. The minimum Gasteiger partial charge on any atom is -0.383 e. The number of fused-ring (bicyclic) bond motifs is 1. The quantitative estimate of drug-likeness (QED) is 0.687. The lowest BCUT2D eigenvalue weighted by Crippen LogP contribution is -2.37. The summed E-state index contributed by atoms with van der Waals surface area (Å²) in [5.74, 6) is 0.265. The van der Waals surface area contributed by atoms with E-state index in [9.17, 15) is 4.79 Å². The molecule has 1 atom stereocenters. The molecule has 0 bridgehead atoms. The second kappa shape index (κ2) is 7.48. The lowest BCUT2D eigenvalue weighted by molar-refractivity contribution is 0.0896. The van der Waals surface area contributed by atoms with Gasteiger partial charge in [0.25, 0.3) is 11.6 Å². The van der Waals surface area contributed by atoms with Crippen LogP contribution < -0.4 is 5.32 Å². The van der Waals surface area contributed by atoms with Crippen LogP contribution in [0.5, 0.6) is 0 Å². The number of nitrogens with one attached hydrogen (secondary N) is 1. The van der Waals surface area contributed by atoms with Crippen molar-refractivity contribution < 1.29 is 14.1 Å². The van der Waals surface area contributed by atoms with E-state index >= 15 is 0 Å². The number of nitrogens with zero attached hydrogens (tertiary/aromatic N) is 2. The van der Waals surface area contributed by atoms with Crippen LogP contribution in [-0.4, -0.2) is 35.8 Å². The maximum atomic E-state index is 13.1. The number of hydrogen-bond donors (Lipinski definition) is 1. The number of aromatic nitrogens is 2. The van der Waals surface area contributed by atoms with Gasteiger partial charge in [-0.05, 0) is 25.3 Å². The summed E-state index contributed by atoms with van der Waals surface area (Å²) in [6, 6.07) is 11.6. The molecule has 6 heteroatoms. The van der Waals surface area contributed by atoms with Crippen LogP contribution in [0.2, 0.25) is 0 Å². The molecule has 1 aliphatic carbocycles. The largest absolute Gasteiger partial charge is 0.383 e. The summed E-state index contributed by atoms with van der Waals surface area (Å²) in [4.78, 5) is 17.7. The first-order valence-corrected chi connectivity index (χ1v) is 9.36. The molecule has 2 heterocycles. The molecule has 1 aliphatic rings. The zero-order valence-corrected chi connectivity index (χ0v) is 15.6. The van der Waals surface area contributed by atoms with Gasteiger partial charge in [-0.1, -0.05) is 42.4 Å². The molecule has 0 spiro atoms. The predicted octanol–water partition coefficient (Wildman–Crippen LogP) is 3.92. The molecule has 1 fully saturated rings. The molecule has 1 aromatic carbocycles. The maximum Gasteiger partial charge on any atom is 0.259 e. The Bertz CT molecular complexity index is 948. The fourth-order valence-electron chi connectivity index (χ4n) is 3.26. The Balaban J connectivity index is 1.81. The Hall–Kier alpha value is -2.73. The lowest BCUT2D eigenvalue weighted by atomic mass is 10.0. The van der Waals surface area contributed by atoms with E-state index in [1.54, 1.807) is 7.11 Å². The monoisotopic (exact) mass is 365 g/mol. The van der Waals surface area contributed by atoms with Crippen LogP contribution in [0.15, 0.2) is 40.9 Å². The number of rotatable bonds is 7. The molecule has 0 radical (unpaired) electrons. The van der Waals surface area contributed by atoms with Crippen LogP contribution in [-0.2, 0) is 4.74 Å². The molecule has 6 nitrogen and oxygen atoms in total. The molecule has 0 saturated heterocycles. The topological polar surface area (TPSA) is 77.2 Å². The highest BCUT2D eigenvalue weighted by atomic mass is 16.5. The molecule has 1 N–H and O–H groups in total. The SMILES string of the molecule is CCC(COC)NC(=O)c1cc(C2CC2)nc2onc(-c3ccccc3)c12. The van der Waals surface area contributed by atoms with Gasteiger partial charge in [0.2, 0.25) is 0 Å². The summed E-state index contributed by atoms with van der Waals surface area (Å²) < 4.78 is 10.7. The zero-order valence-electron chi connectivity index (χ0n) is 15.6. The van der Waals surface area contributed by atoms with Crippen molar-refractivity contribution in [3.63, 3.8) is 0 Å². The second-order valence-electron chi connectivity index (χ2n) is 6.98. The van der Waals surface area contributed by atoms with Gasteiger partial charge in [-0.15, -0.1) is 0 Å². The molecular formula is C21H23N3O3. The third-order valence-electron chi connectivity index (χ3n) is 4.95. The maximum absolute atomic E-state index is 13.1. The first kappa shape index (κ1) is 17.7. The molecular weight excluding hydrogens is 342 g/mol. The van der Waals surface area contributed by atoms with Gasteiger partial charge in [0.1, 0.15) is 5.69 Å². The van der Waals surface area contributed by atoms with E-state index < -0.39 is 0 Å². The van der Waals surface area contributed by atoms with Crippen molar-refractivity contribution in [3.8, 4) is 11.3 Å².